The van der Waals surface area contributed by atoms with Crippen LogP contribution < -0.4 is 9.88 Å². The van der Waals surface area contributed by atoms with E-state index in [1.165, 1.54) is 0 Å². The molecule has 0 radical (unpaired) electrons. The van der Waals surface area contributed by atoms with Crippen LogP contribution in [0.25, 0.3) is 11.0 Å². The van der Waals surface area contributed by atoms with Crippen molar-refractivity contribution < 1.29 is 18.9 Å². The molecule has 29 heavy (non-hydrogen) atoms. The number of alkyl carbamates (subject to hydrolysis) is 1. The first-order chi connectivity index (χ1) is 13.7. The lowest BCUT2D eigenvalue weighted by Gasteiger charge is -2.19. The Hall–Kier alpha value is -3.15. The van der Waals surface area contributed by atoms with Crippen LogP contribution in [0.15, 0.2) is 54.6 Å². The van der Waals surface area contributed by atoms with Crippen LogP contribution in [0.3, 0.4) is 0 Å². The van der Waals surface area contributed by atoms with E-state index in [0.29, 0.717) is 6.54 Å². The number of nitrogens with one attached hydrogen (secondary N) is 1. The number of nitrogens with zero attached hydrogens (tertiary/aromatic N) is 2. The highest BCUT2D eigenvalue weighted by atomic mass is 16.6. The Morgan fingerprint density at radius 2 is 1.69 bits per heavy atom. The molecule has 0 bridgehead atoms. The molecule has 0 saturated heterocycles. The Morgan fingerprint density at radius 1 is 1.03 bits per heavy atom. The summed E-state index contributed by atoms with van der Waals surface area (Å²) in [6.45, 7) is 8.19. The van der Waals surface area contributed by atoms with Gasteiger partial charge in [0.25, 0.3) is 5.82 Å². The van der Waals surface area contributed by atoms with Crippen molar-refractivity contribution in [1.82, 2.24) is 9.88 Å². The standard InChI is InChI=1S/C23H27N3O3/c1-17(27)15-25-19-12-8-9-13-20(19)26(16-18-10-6-5-7-11-18)21(25)14-24-22(28)29-23(2,3)4/h5-13H,14-16H2,1-4H3/p+1. The topological polar surface area (TPSA) is 64.2 Å². The molecule has 3 rings (SSSR count). The molecule has 1 amide bonds. The van der Waals surface area contributed by atoms with Gasteiger partial charge in [-0.1, -0.05) is 42.5 Å². The smallest absolute Gasteiger partial charge is 0.408 e. The summed E-state index contributed by atoms with van der Waals surface area (Å²) in [5.74, 6) is 0.896. The van der Waals surface area contributed by atoms with Gasteiger partial charge in [0, 0.05) is 0 Å². The van der Waals surface area contributed by atoms with Crippen LogP contribution in [-0.2, 0) is 29.2 Å². The number of fused-ring (bicyclic) bond motifs is 1. The third-order valence-electron chi connectivity index (χ3n) is 4.44. The van der Waals surface area contributed by atoms with Crippen molar-refractivity contribution in [3.63, 3.8) is 0 Å². The molecule has 6 nitrogen and oxygen atoms in total. The number of Topliss-reactive ketones (excluding diaryl/α,β-unsaturated/α-hetero) is 1. The SMILES string of the molecule is CC(=O)Cn1c(CNC(=O)OC(C)(C)C)[n+](Cc2ccccc2)c2ccccc21. The number of ether oxygens (including phenoxy) is 1. The summed E-state index contributed by atoms with van der Waals surface area (Å²) in [6.07, 6.45) is -0.483. The van der Waals surface area contributed by atoms with Crippen LogP contribution in [0, 0.1) is 0 Å². The summed E-state index contributed by atoms with van der Waals surface area (Å²) in [5, 5.41) is 2.84. The lowest BCUT2D eigenvalue weighted by Crippen LogP contribution is -2.42. The molecule has 2 aromatic carbocycles. The second kappa shape index (κ2) is 8.47. The molecule has 0 aliphatic rings. The highest BCUT2D eigenvalue weighted by Gasteiger charge is 2.27. The summed E-state index contributed by atoms with van der Waals surface area (Å²) in [7, 11) is 0. The summed E-state index contributed by atoms with van der Waals surface area (Å²) in [4.78, 5) is 24.2. The Balaban J connectivity index is 2.02. The zero-order valence-electron chi connectivity index (χ0n) is 17.4. The number of carbonyl (C=O) groups is 2. The van der Waals surface area contributed by atoms with Crippen LogP contribution in [0.5, 0.6) is 0 Å². The third-order valence-corrected chi connectivity index (χ3v) is 4.44. The van der Waals surface area contributed by atoms with Gasteiger partial charge < -0.3 is 10.1 Å². The number of hydrogen-bond acceptors (Lipinski definition) is 3. The predicted molar refractivity (Wildman–Crippen MR) is 111 cm³/mol. The van der Waals surface area contributed by atoms with Gasteiger partial charge in [-0.3, -0.25) is 4.79 Å². The van der Waals surface area contributed by atoms with Crippen LogP contribution in [-0.4, -0.2) is 22.0 Å². The van der Waals surface area contributed by atoms with E-state index in [4.69, 9.17) is 4.74 Å². The molecule has 0 saturated carbocycles. The van der Waals surface area contributed by atoms with E-state index in [1.54, 1.807) is 6.92 Å². The number of aromatic nitrogens is 2. The summed E-state index contributed by atoms with van der Waals surface area (Å²) in [5.41, 5.74) is 2.54. The largest absolute Gasteiger partial charge is 0.444 e. The van der Waals surface area contributed by atoms with E-state index in [-0.39, 0.29) is 18.9 Å². The van der Waals surface area contributed by atoms with Crippen molar-refractivity contribution in [1.29, 1.82) is 0 Å². The number of carbonyl (C=O) groups excluding carboxylic acids is 2. The molecular weight excluding hydrogens is 366 g/mol. The highest BCUT2D eigenvalue weighted by molar-refractivity contribution is 5.79. The lowest BCUT2D eigenvalue weighted by atomic mass is 10.2. The van der Waals surface area contributed by atoms with Gasteiger partial charge in [-0.05, 0) is 45.4 Å². The lowest BCUT2D eigenvalue weighted by molar-refractivity contribution is -0.671. The van der Waals surface area contributed by atoms with E-state index < -0.39 is 11.7 Å². The third kappa shape index (κ3) is 5.22. The minimum Gasteiger partial charge on any atom is -0.444 e. The van der Waals surface area contributed by atoms with Gasteiger partial charge in [0.2, 0.25) is 0 Å². The Labute approximate surface area is 171 Å². The zero-order chi connectivity index (χ0) is 21.0. The molecule has 0 fully saturated rings. The Morgan fingerprint density at radius 3 is 2.34 bits per heavy atom. The first-order valence-electron chi connectivity index (χ1n) is 9.75. The van der Waals surface area contributed by atoms with E-state index in [1.807, 2.05) is 67.8 Å². The fraction of sp³-hybridized carbons (Fsp3) is 0.348. The average Bonchev–Trinajstić information content (AvgIpc) is 2.92. The molecule has 0 aliphatic heterocycles. The van der Waals surface area contributed by atoms with Crippen molar-refractivity contribution in [3.05, 3.63) is 66.0 Å². The van der Waals surface area contributed by atoms with Gasteiger partial charge in [-0.25, -0.2) is 13.9 Å². The first kappa shape index (κ1) is 20.6. The minimum atomic E-state index is -0.573. The number of ketones is 1. The van der Waals surface area contributed by atoms with E-state index in [9.17, 15) is 9.59 Å². The maximum atomic E-state index is 12.2. The molecule has 152 valence electrons. The van der Waals surface area contributed by atoms with Crippen LogP contribution in [0.4, 0.5) is 4.79 Å². The Bertz CT molecular complexity index is 1020. The fourth-order valence-corrected chi connectivity index (χ4v) is 3.34. The van der Waals surface area contributed by atoms with Crippen molar-refractivity contribution in [3.8, 4) is 0 Å². The van der Waals surface area contributed by atoms with Crippen molar-refractivity contribution >= 4 is 22.9 Å². The molecule has 0 spiro atoms. The van der Waals surface area contributed by atoms with Crippen LogP contribution in [0.1, 0.15) is 39.1 Å². The number of rotatable bonds is 6. The van der Waals surface area contributed by atoms with Gasteiger partial charge in [0.1, 0.15) is 25.2 Å². The number of hydrogen-bond donors (Lipinski definition) is 1. The number of amides is 1. The maximum Gasteiger partial charge on any atom is 0.408 e. The average molecular weight is 394 g/mol. The Kier molecular flexibility index (Phi) is 6.01. The summed E-state index contributed by atoms with van der Waals surface area (Å²) in [6, 6.07) is 18.1. The molecule has 1 heterocycles. The van der Waals surface area contributed by atoms with Crippen molar-refractivity contribution in [2.45, 2.75) is 52.9 Å². The van der Waals surface area contributed by atoms with E-state index in [2.05, 4.69) is 22.0 Å². The molecule has 6 heteroatoms. The molecule has 0 aliphatic carbocycles. The predicted octanol–water partition coefficient (Wildman–Crippen LogP) is 3.59. The van der Waals surface area contributed by atoms with Gasteiger partial charge >= 0.3 is 6.09 Å². The first-order valence-corrected chi connectivity index (χ1v) is 9.75. The summed E-state index contributed by atoms with van der Waals surface area (Å²) < 4.78 is 9.49. The van der Waals surface area contributed by atoms with E-state index in [0.717, 1.165) is 22.4 Å². The molecule has 0 unspecified atom stereocenters. The van der Waals surface area contributed by atoms with Gasteiger partial charge in [-0.2, -0.15) is 0 Å². The molecule has 1 aromatic heterocycles. The fourth-order valence-electron chi connectivity index (χ4n) is 3.34. The number of imidazole rings is 1. The monoisotopic (exact) mass is 394 g/mol. The highest BCUT2D eigenvalue weighted by Crippen LogP contribution is 2.16. The van der Waals surface area contributed by atoms with Crippen LogP contribution in [0.2, 0.25) is 0 Å². The quantitative estimate of drug-likeness (QED) is 0.650. The number of benzene rings is 2. The number of para-hydroxylation sites is 2. The molecule has 0 atom stereocenters. The van der Waals surface area contributed by atoms with E-state index >= 15 is 0 Å². The normalized spacial score (nSPS) is 11.4. The second-order valence-electron chi connectivity index (χ2n) is 8.12. The summed E-state index contributed by atoms with van der Waals surface area (Å²) >= 11 is 0. The van der Waals surface area contributed by atoms with Crippen molar-refractivity contribution in [2.75, 3.05) is 0 Å². The van der Waals surface area contributed by atoms with Gasteiger partial charge in [0.05, 0.1) is 0 Å². The van der Waals surface area contributed by atoms with Crippen LogP contribution >= 0.6 is 0 Å². The molecule has 1 N–H and O–H groups in total. The van der Waals surface area contributed by atoms with Gasteiger partial charge in [0.15, 0.2) is 16.8 Å². The minimum absolute atomic E-state index is 0.0520. The molecule has 3 aromatic rings. The maximum absolute atomic E-state index is 12.2. The van der Waals surface area contributed by atoms with Gasteiger partial charge in [-0.15, -0.1) is 0 Å². The van der Waals surface area contributed by atoms with Crippen molar-refractivity contribution in [2.24, 2.45) is 0 Å². The molecular formula is C23H28N3O3+. The zero-order valence-corrected chi connectivity index (χ0v) is 17.4. The second-order valence-corrected chi connectivity index (χ2v) is 8.12.